The number of rotatable bonds is 6. The third-order valence-electron chi connectivity index (χ3n) is 4.57. The van der Waals surface area contributed by atoms with Crippen molar-refractivity contribution >= 4 is 22.7 Å². The Balaban J connectivity index is 1.33. The first kappa shape index (κ1) is 19.2. The Bertz CT molecular complexity index is 1170. The van der Waals surface area contributed by atoms with Crippen molar-refractivity contribution < 1.29 is 14.3 Å². The quantitative estimate of drug-likeness (QED) is 0.434. The minimum atomic E-state index is -0.509. The van der Waals surface area contributed by atoms with Crippen molar-refractivity contribution in [3.05, 3.63) is 95.7 Å². The minimum Gasteiger partial charge on any atom is -0.483 e. The van der Waals surface area contributed by atoms with Crippen LogP contribution in [-0.4, -0.2) is 28.6 Å². The van der Waals surface area contributed by atoms with Crippen LogP contribution in [0.4, 0.5) is 0 Å². The number of hydrogen-bond donors (Lipinski definition) is 3. The fourth-order valence-electron chi connectivity index (χ4n) is 3.11. The van der Waals surface area contributed by atoms with Gasteiger partial charge in [0.05, 0.1) is 5.52 Å². The number of aromatic amines is 1. The Kier molecular flexibility index (Phi) is 5.70. The molecule has 3 N–H and O–H groups in total. The van der Waals surface area contributed by atoms with Gasteiger partial charge in [-0.3, -0.25) is 25.5 Å². The Morgan fingerprint density at radius 2 is 1.60 bits per heavy atom. The average molecular weight is 400 g/mol. The van der Waals surface area contributed by atoms with Crippen molar-refractivity contribution in [2.45, 2.75) is 6.42 Å². The lowest BCUT2D eigenvalue weighted by molar-refractivity contribution is -0.123. The molecule has 0 spiro atoms. The minimum absolute atomic E-state index is 0.208. The summed E-state index contributed by atoms with van der Waals surface area (Å²) in [5, 5.41) is 7.46. The lowest BCUT2D eigenvalue weighted by Gasteiger charge is -2.12. The molecule has 0 atom stereocenters. The maximum absolute atomic E-state index is 12.3. The van der Waals surface area contributed by atoms with Gasteiger partial charge in [-0.25, -0.2) is 0 Å². The Labute approximate surface area is 173 Å². The molecule has 0 bridgehead atoms. The second-order valence-electron chi connectivity index (χ2n) is 6.68. The van der Waals surface area contributed by atoms with Crippen molar-refractivity contribution in [2.24, 2.45) is 0 Å². The number of aromatic nitrogens is 2. The SMILES string of the molecule is O=C(COc1ccccc1Cc1ccccc1)NNC(=O)c1n[nH]c2ccccc12. The number of ether oxygens (including phenoxy) is 1. The number of nitrogens with zero attached hydrogens (tertiary/aromatic N) is 1. The van der Waals surface area contributed by atoms with E-state index in [0.717, 1.165) is 16.6 Å². The van der Waals surface area contributed by atoms with Crippen LogP contribution in [-0.2, 0) is 11.2 Å². The highest BCUT2D eigenvalue weighted by Gasteiger charge is 2.15. The molecule has 2 amide bonds. The normalized spacial score (nSPS) is 10.5. The first-order chi connectivity index (χ1) is 14.7. The molecular formula is C23H20N4O3. The van der Waals surface area contributed by atoms with Gasteiger partial charge in [0, 0.05) is 11.8 Å². The molecule has 1 aromatic heterocycles. The standard InChI is InChI=1S/C23H20N4O3/c28-21(25-27-23(29)22-18-11-5-6-12-19(18)24-26-22)15-30-20-13-7-4-10-17(20)14-16-8-2-1-3-9-16/h1-13H,14-15H2,(H,24,26)(H,25,28)(H,27,29). The molecule has 0 saturated heterocycles. The summed E-state index contributed by atoms with van der Waals surface area (Å²) in [6.07, 6.45) is 0.696. The topological polar surface area (TPSA) is 96.1 Å². The number of fused-ring (bicyclic) bond motifs is 1. The Morgan fingerprint density at radius 3 is 2.47 bits per heavy atom. The fourth-order valence-corrected chi connectivity index (χ4v) is 3.11. The third kappa shape index (κ3) is 4.47. The maximum atomic E-state index is 12.3. The highest BCUT2D eigenvalue weighted by molar-refractivity contribution is 6.05. The van der Waals surface area contributed by atoms with Gasteiger partial charge >= 0.3 is 0 Å². The number of para-hydroxylation sites is 2. The zero-order valence-corrected chi connectivity index (χ0v) is 16.1. The van der Waals surface area contributed by atoms with Crippen LogP contribution in [0.1, 0.15) is 21.6 Å². The van der Waals surface area contributed by atoms with Crippen LogP contribution in [0, 0.1) is 0 Å². The molecule has 0 unspecified atom stereocenters. The number of amides is 2. The van der Waals surface area contributed by atoms with Crippen LogP contribution in [0.5, 0.6) is 5.75 Å². The predicted octanol–water partition coefficient (Wildman–Crippen LogP) is 2.99. The largest absolute Gasteiger partial charge is 0.483 e. The molecule has 150 valence electrons. The van der Waals surface area contributed by atoms with Gasteiger partial charge in [0.15, 0.2) is 12.3 Å². The van der Waals surface area contributed by atoms with E-state index in [1.165, 1.54) is 0 Å². The second-order valence-corrected chi connectivity index (χ2v) is 6.68. The van der Waals surface area contributed by atoms with Crippen LogP contribution in [0.2, 0.25) is 0 Å². The van der Waals surface area contributed by atoms with Gasteiger partial charge in [0.25, 0.3) is 11.8 Å². The van der Waals surface area contributed by atoms with E-state index in [9.17, 15) is 9.59 Å². The molecule has 4 aromatic rings. The molecule has 0 aliphatic carbocycles. The molecule has 0 saturated carbocycles. The van der Waals surface area contributed by atoms with Gasteiger partial charge in [-0.15, -0.1) is 0 Å². The molecule has 1 heterocycles. The molecule has 4 rings (SSSR count). The second kappa shape index (κ2) is 8.91. The number of carbonyl (C=O) groups is 2. The van der Waals surface area contributed by atoms with Crippen molar-refractivity contribution in [1.82, 2.24) is 21.0 Å². The maximum Gasteiger partial charge on any atom is 0.290 e. The lowest BCUT2D eigenvalue weighted by atomic mass is 10.0. The zero-order chi connectivity index (χ0) is 20.8. The zero-order valence-electron chi connectivity index (χ0n) is 16.1. The molecular weight excluding hydrogens is 380 g/mol. The summed E-state index contributed by atoms with van der Waals surface area (Å²) in [5.41, 5.74) is 7.80. The summed E-state index contributed by atoms with van der Waals surface area (Å²) < 4.78 is 5.68. The fraction of sp³-hybridized carbons (Fsp3) is 0.0870. The number of benzene rings is 3. The number of carbonyl (C=O) groups excluding carboxylic acids is 2. The first-order valence-electron chi connectivity index (χ1n) is 9.47. The van der Waals surface area contributed by atoms with Crippen LogP contribution in [0.15, 0.2) is 78.9 Å². The Morgan fingerprint density at radius 1 is 0.867 bits per heavy atom. The summed E-state index contributed by atoms with van der Waals surface area (Å²) in [4.78, 5) is 24.5. The summed E-state index contributed by atoms with van der Waals surface area (Å²) in [7, 11) is 0. The number of H-pyrrole nitrogens is 1. The van der Waals surface area contributed by atoms with E-state index in [2.05, 4.69) is 21.0 Å². The Hall–Kier alpha value is -4.13. The van der Waals surface area contributed by atoms with Crippen molar-refractivity contribution in [3.8, 4) is 5.75 Å². The van der Waals surface area contributed by atoms with Gasteiger partial charge in [-0.2, -0.15) is 5.10 Å². The van der Waals surface area contributed by atoms with E-state index in [1.807, 2.05) is 72.8 Å². The molecule has 0 fully saturated rings. The van der Waals surface area contributed by atoms with Gasteiger partial charge < -0.3 is 4.74 Å². The molecule has 3 aromatic carbocycles. The van der Waals surface area contributed by atoms with E-state index < -0.39 is 11.8 Å². The number of hydrazine groups is 1. The predicted molar refractivity (Wildman–Crippen MR) is 113 cm³/mol. The summed E-state index contributed by atoms with van der Waals surface area (Å²) in [6.45, 7) is -0.229. The molecule has 0 aliphatic rings. The van der Waals surface area contributed by atoms with Crippen molar-refractivity contribution in [1.29, 1.82) is 0 Å². The monoisotopic (exact) mass is 400 g/mol. The molecule has 30 heavy (non-hydrogen) atoms. The van der Waals surface area contributed by atoms with E-state index >= 15 is 0 Å². The van der Waals surface area contributed by atoms with E-state index in [0.29, 0.717) is 17.6 Å². The smallest absolute Gasteiger partial charge is 0.290 e. The summed E-state index contributed by atoms with van der Waals surface area (Å²) in [5.74, 6) is -0.357. The van der Waals surface area contributed by atoms with Crippen molar-refractivity contribution in [2.75, 3.05) is 6.61 Å². The number of hydrogen-bond acceptors (Lipinski definition) is 4. The molecule has 7 nitrogen and oxygen atoms in total. The van der Waals surface area contributed by atoms with Crippen LogP contribution in [0.3, 0.4) is 0 Å². The van der Waals surface area contributed by atoms with Gasteiger partial charge in [-0.1, -0.05) is 66.7 Å². The van der Waals surface area contributed by atoms with Gasteiger partial charge in [0.2, 0.25) is 0 Å². The first-order valence-corrected chi connectivity index (χ1v) is 9.47. The number of nitrogens with one attached hydrogen (secondary N) is 3. The van der Waals surface area contributed by atoms with Gasteiger partial charge in [-0.05, 0) is 23.3 Å². The summed E-state index contributed by atoms with van der Waals surface area (Å²) >= 11 is 0. The highest BCUT2D eigenvalue weighted by atomic mass is 16.5. The van der Waals surface area contributed by atoms with Crippen LogP contribution >= 0.6 is 0 Å². The lowest BCUT2D eigenvalue weighted by Crippen LogP contribution is -2.44. The third-order valence-corrected chi connectivity index (χ3v) is 4.57. The van der Waals surface area contributed by atoms with Gasteiger partial charge in [0.1, 0.15) is 5.75 Å². The van der Waals surface area contributed by atoms with E-state index in [1.54, 1.807) is 6.07 Å². The highest BCUT2D eigenvalue weighted by Crippen LogP contribution is 2.21. The van der Waals surface area contributed by atoms with E-state index in [-0.39, 0.29) is 12.3 Å². The molecule has 0 radical (unpaired) electrons. The average Bonchev–Trinajstić information content (AvgIpc) is 3.22. The molecule has 7 heteroatoms. The van der Waals surface area contributed by atoms with E-state index in [4.69, 9.17) is 4.74 Å². The summed E-state index contributed by atoms with van der Waals surface area (Å²) in [6, 6.07) is 24.8. The van der Waals surface area contributed by atoms with Crippen molar-refractivity contribution in [3.63, 3.8) is 0 Å². The van der Waals surface area contributed by atoms with Crippen LogP contribution in [0.25, 0.3) is 10.9 Å². The molecule has 0 aliphatic heterocycles. The van der Waals surface area contributed by atoms with Crippen LogP contribution < -0.4 is 15.6 Å².